The van der Waals surface area contributed by atoms with E-state index in [4.69, 9.17) is 0 Å². The summed E-state index contributed by atoms with van der Waals surface area (Å²) in [6.07, 6.45) is 1.35. The zero-order chi connectivity index (χ0) is 11.6. The molecule has 86 valence electrons. The number of piperidine rings is 1. The summed E-state index contributed by atoms with van der Waals surface area (Å²) in [5.41, 5.74) is 1.31. The maximum absolute atomic E-state index is 11.9. The van der Waals surface area contributed by atoms with Gasteiger partial charge in [0, 0.05) is 18.7 Å². The summed E-state index contributed by atoms with van der Waals surface area (Å²) in [7, 11) is 0. The van der Waals surface area contributed by atoms with Crippen molar-refractivity contribution >= 4 is 5.91 Å². The van der Waals surface area contributed by atoms with Gasteiger partial charge in [0.15, 0.2) is 0 Å². The first kappa shape index (κ1) is 12.2. The number of carbonyl (C=O) groups is 1. The molecule has 3 nitrogen and oxygen atoms in total. The van der Waals surface area contributed by atoms with E-state index in [9.17, 15) is 9.90 Å². The van der Waals surface area contributed by atoms with Gasteiger partial charge in [-0.2, -0.15) is 0 Å². The van der Waals surface area contributed by atoms with Gasteiger partial charge in [0.05, 0.1) is 5.60 Å². The van der Waals surface area contributed by atoms with Crippen LogP contribution >= 0.6 is 0 Å². The van der Waals surface area contributed by atoms with E-state index in [1.165, 1.54) is 0 Å². The van der Waals surface area contributed by atoms with Crippen LogP contribution < -0.4 is 0 Å². The maximum atomic E-state index is 11.9. The van der Waals surface area contributed by atoms with Gasteiger partial charge in [0.1, 0.15) is 0 Å². The third kappa shape index (κ3) is 3.06. The lowest BCUT2D eigenvalue weighted by Crippen LogP contribution is -2.45. The SMILES string of the molecule is CC(C)=C(C)C(=O)N1CCC(C)(O)CC1. The third-order valence-corrected chi connectivity index (χ3v) is 3.20. The number of hydrogen-bond acceptors (Lipinski definition) is 2. The van der Waals surface area contributed by atoms with Crippen LogP contribution in [0.5, 0.6) is 0 Å². The fourth-order valence-corrected chi connectivity index (χ4v) is 1.64. The maximum Gasteiger partial charge on any atom is 0.249 e. The molecule has 0 aromatic rings. The summed E-state index contributed by atoms with van der Waals surface area (Å²) in [5, 5.41) is 9.77. The highest BCUT2D eigenvalue weighted by Crippen LogP contribution is 2.22. The van der Waals surface area contributed by atoms with Crippen molar-refractivity contribution in [2.45, 2.75) is 46.1 Å². The molecule has 0 aromatic carbocycles. The topological polar surface area (TPSA) is 40.5 Å². The minimum Gasteiger partial charge on any atom is -0.390 e. The van der Waals surface area contributed by atoms with Crippen molar-refractivity contribution in [1.82, 2.24) is 4.90 Å². The standard InChI is InChI=1S/C12H21NO2/c1-9(2)10(3)11(14)13-7-5-12(4,15)6-8-13/h15H,5-8H2,1-4H3. The van der Waals surface area contributed by atoms with E-state index in [1.54, 1.807) is 0 Å². The Hall–Kier alpha value is -0.830. The van der Waals surface area contributed by atoms with Gasteiger partial charge in [-0.25, -0.2) is 0 Å². The lowest BCUT2D eigenvalue weighted by atomic mass is 9.93. The van der Waals surface area contributed by atoms with E-state index < -0.39 is 5.60 Å². The summed E-state index contributed by atoms with van der Waals surface area (Å²) >= 11 is 0. The van der Waals surface area contributed by atoms with Crippen molar-refractivity contribution in [2.24, 2.45) is 0 Å². The van der Waals surface area contributed by atoms with Gasteiger partial charge in [0.2, 0.25) is 5.91 Å². The van der Waals surface area contributed by atoms with E-state index in [1.807, 2.05) is 32.6 Å². The molecule has 15 heavy (non-hydrogen) atoms. The Morgan fingerprint density at radius 3 is 2.07 bits per heavy atom. The highest BCUT2D eigenvalue weighted by Gasteiger charge is 2.29. The lowest BCUT2D eigenvalue weighted by Gasteiger charge is -2.36. The number of amides is 1. The Labute approximate surface area is 91.8 Å². The molecule has 1 saturated heterocycles. The lowest BCUT2D eigenvalue weighted by molar-refractivity contribution is -0.130. The Morgan fingerprint density at radius 1 is 1.20 bits per heavy atom. The van der Waals surface area contributed by atoms with Gasteiger partial charge >= 0.3 is 0 Å². The Balaban J connectivity index is 2.62. The van der Waals surface area contributed by atoms with Crippen LogP contribution in [0.1, 0.15) is 40.5 Å². The van der Waals surface area contributed by atoms with Crippen molar-refractivity contribution in [1.29, 1.82) is 0 Å². The molecule has 0 unspecified atom stereocenters. The Bertz CT molecular complexity index is 278. The molecule has 1 N–H and O–H groups in total. The van der Waals surface area contributed by atoms with Crippen LogP contribution in [0.25, 0.3) is 0 Å². The van der Waals surface area contributed by atoms with E-state index in [0.717, 1.165) is 11.1 Å². The number of allylic oxidation sites excluding steroid dienone is 1. The quantitative estimate of drug-likeness (QED) is 0.671. The van der Waals surface area contributed by atoms with Crippen molar-refractivity contribution in [3.8, 4) is 0 Å². The Kier molecular flexibility index (Phi) is 3.55. The highest BCUT2D eigenvalue weighted by atomic mass is 16.3. The number of hydrogen-bond donors (Lipinski definition) is 1. The molecule has 0 aliphatic carbocycles. The highest BCUT2D eigenvalue weighted by molar-refractivity contribution is 5.93. The smallest absolute Gasteiger partial charge is 0.249 e. The first-order chi connectivity index (χ1) is 6.83. The van der Waals surface area contributed by atoms with E-state index in [0.29, 0.717) is 25.9 Å². The second-order valence-electron chi connectivity index (χ2n) is 4.91. The molecular weight excluding hydrogens is 190 g/mol. The number of rotatable bonds is 1. The summed E-state index contributed by atoms with van der Waals surface area (Å²) in [6, 6.07) is 0. The van der Waals surface area contributed by atoms with Crippen LogP contribution in [-0.2, 0) is 4.79 Å². The third-order valence-electron chi connectivity index (χ3n) is 3.20. The summed E-state index contributed by atoms with van der Waals surface area (Å²) < 4.78 is 0. The van der Waals surface area contributed by atoms with Gasteiger partial charge < -0.3 is 10.0 Å². The normalized spacial score (nSPS) is 19.9. The molecule has 0 radical (unpaired) electrons. The van der Waals surface area contributed by atoms with Crippen LogP contribution in [0, 0.1) is 0 Å². The van der Waals surface area contributed by atoms with Gasteiger partial charge in [-0.05, 0) is 40.5 Å². The fraction of sp³-hybridized carbons (Fsp3) is 0.750. The van der Waals surface area contributed by atoms with Crippen molar-refractivity contribution in [2.75, 3.05) is 13.1 Å². The molecule has 0 atom stereocenters. The number of carbonyl (C=O) groups excluding carboxylic acids is 1. The summed E-state index contributed by atoms with van der Waals surface area (Å²) in [5.74, 6) is 0.116. The molecular formula is C12H21NO2. The fourth-order valence-electron chi connectivity index (χ4n) is 1.64. The van der Waals surface area contributed by atoms with Gasteiger partial charge in [-0.3, -0.25) is 4.79 Å². The van der Waals surface area contributed by atoms with Crippen molar-refractivity contribution in [3.05, 3.63) is 11.1 Å². The number of likely N-dealkylation sites (tertiary alicyclic amines) is 1. The van der Waals surface area contributed by atoms with Crippen LogP contribution in [0.15, 0.2) is 11.1 Å². The van der Waals surface area contributed by atoms with Gasteiger partial charge in [-0.1, -0.05) is 5.57 Å². The molecule has 0 spiro atoms. The van der Waals surface area contributed by atoms with Crippen LogP contribution in [0.4, 0.5) is 0 Å². The number of nitrogens with zero attached hydrogens (tertiary/aromatic N) is 1. The molecule has 0 saturated carbocycles. The average molecular weight is 211 g/mol. The van der Waals surface area contributed by atoms with E-state index >= 15 is 0 Å². The molecule has 3 heteroatoms. The van der Waals surface area contributed by atoms with Gasteiger partial charge in [-0.15, -0.1) is 0 Å². The van der Waals surface area contributed by atoms with Crippen molar-refractivity contribution < 1.29 is 9.90 Å². The number of aliphatic hydroxyl groups is 1. The zero-order valence-corrected chi connectivity index (χ0v) is 10.1. The van der Waals surface area contributed by atoms with E-state index in [-0.39, 0.29) is 5.91 Å². The molecule has 0 aromatic heterocycles. The average Bonchev–Trinajstić information content (AvgIpc) is 2.15. The predicted octanol–water partition coefficient (Wildman–Crippen LogP) is 1.72. The second kappa shape index (κ2) is 4.35. The molecule has 0 bridgehead atoms. The van der Waals surface area contributed by atoms with Crippen LogP contribution in [-0.4, -0.2) is 34.6 Å². The predicted molar refractivity (Wildman–Crippen MR) is 60.5 cm³/mol. The largest absolute Gasteiger partial charge is 0.390 e. The molecule has 1 rings (SSSR count). The molecule has 1 heterocycles. The molecule has 1 aliphatic heterocycles. The Morgan fingerprint density at radius 2 is 1.67 bits per heavy atom. The first-order valence-electron chi connectivity index (χ1n) is 5.49. The summed E-state index contributed by atoms with van der Waals surface area (Å²) in [4.78, 5) is 13.8. The monoisotopic (exact) mass is 211 g/mol. The minimum atomic E-state index is -0.588. The van der Waals surface area contributed by atoms with Crippen LogP contribution in [0.3, 0.4) is 0 Å². The molecule has 1 aliphatic rings. The first-order valence-corrected chi connectivity index (χ1v) is 5.49. The van der Waals surface area contributed by atoms with Crippen LogP contribution in [0.2, 0.25) is 0 Å². The zero-order valence-electron chi connectivity index (χ0n) is 10.1. The van der Waals surface area contributed by atoms with Gasteiger partial charge in [0.25, 0.3) is 0 Å². The van der Waals surface area contributed by atoms with E-state index in [2.05, 4.69) is 0 Å². The molecule has 1 amide bonds. The summed E-state index contributed by atoms with van der Waals surface area (Å²) in [6.45, 7) is 8.93. The molecule has 1 fully saturated rings. The minimum absolute atomic E-state index is 0.116. The second-order valence-corrected chi connectivity index (χ2v) is 4.91. The van der Waals surface area contributed by atoms with Crippen molar-refractivity contribution in [3.63, 3.8) is 0 Å².